The van der Waals surface area contributed by atoms with Crippen LogP contribution in [-0.4, -0.2) is 23.8 Å². The molecule has 3 nitrogen and oxygen atoms in total. The van der Waals surface area contributed by atoms with Gasteiger partial charge in [-0.1, -0.05) is 11.6 Å². The standard InChI is InChI=1S/C9H12ClNO2/c1-13-8-5-9(10)11-6-7(8)3-2-4-12/h5-6,12H,2-4H2,1H3. The van der Waals surface area contributed by atoms with Gasteiger partial charge in [0, 0.05) is 24.4 Å². The predicted molar refractivity (Wildman–Crippen MR) is 51.2 cm³/mol. The van der Waals surface area contributed by atoms with Crippen LogP contribution in [0.15, 0.2) is 12.3 Å². The van der Waals surface area contributed by atoms with Gasteiger partial charge < -0.3 is 9.84 Å². The number of hydrogen-bond donors (Lipinski definition) is 1. The molecule has 4 heteroatoms. The highest BCUT2D eigenvalue weighted by Crippen LogP contribution is 2.21. The summed E-state index contributed by atoms with van der Waals surface area (Å²) in [6.45, 7) is 0.172. The number of pyridine rings is 1. The van der Waals surface area contributed by atoms with Gasteiger partial charge in [-0.15, -0.1) is 0 Å². The molecule has 13 heavy (non-hydrogen) atoms. The van der Waals surface area contributed by atoms with Crippen molar-refractivity contribution in [3.63, 3.8) is 0 Å². The van der Waals surface area contributed by atoms with E-state index < -0.39 is 0 Å². The van der Waals surface area contributed by atoms with Gasteiger partial charge in [0.1, 0.15) is 10.9 Å². The first-order chi connectivity index (χ1) is 6.27. The normalized spacial score (nSPS) is 10.1. The number of rotatable bonds is 4. The summed E-state index contributed by atoms with van der Waals surface area (Å²) in [6, 6.07) is 1.67. The van der Waals surface area contributed by atoms with Gasteiger partial charge in [-0.2, -0.15) is 0 Å². The van der Waals surface area contributed by atoms with Crippen LogP contribution in [0.3, 0.4) is 0 Å². The molecule has 72 valence electrons. The van der Waals surface area contributed by atoms with Crippen molar-refractivity contribution in [1.82, 2.24) is 4.98 Å². The van der Waals surface area contributed by atoms with E-state index in [1.54, 1.807) is 19.4 Å². The van der Waals surface area contributed by atoms with Crippen molar-refractivity contribution in [1.29, 1.82) is 0 Å². The van der Waals surface area contributed by atoms with Crippen LogP contribution >= 0.6 is 11.6 Å². The molecule has 0 aliphatic rings. The first-order valence-corrected chi connectivity index (χ1v) is 4.45. The van der Waals surface area contributed by atoms with Gasteiger partial charge in [-0.25, -0.2) is 4.98 Å². The van der Waals surface area contributed by atoms with E-state index in [4.69, 9.17) is 21.4 Å². The monoisotopic (exact) mass is 201 g/mol. The fraction of sp³-hybridized carbons (Fsp3) is 0.444. The van der Waals surface area contributed by atoms with E-state index in [2.05, 4.69) is 4.98 Å². The summed E-state index contributed by atoms with van der Waals surface area (Å²) in [5, 5.41) is 9.08. The summed E-state index contributed by atoms with van der Waals surface area (Å²) < 4.78 is 5.12. The summed E-state index contributed by atoms with van der Waals surface area (Å²) in [7, 11) is 1.59. The molecule has 1 rings (SSSR count). The number of hydrogen-bond acceptors (Lipinski definition) is 3. The molecular weight excluding hydrogens is 190 g/mol. The third-order valence-electron chi connectivity index (χ3n) is 1.73. The Hall–Kier alpha value is -0.800. The van der Waals surface area contributed by atoms with Gasteiger partial charge in [0.25, 0.3) is 0 Å². The maximum Gasteiger partial charge on any atom is 0.132 e. The third-order valence-corrected chi connectivity index (χ3v) is 1.94. The molecule has 0 aliphatic heterocycles. The van der Waals surface area contributed by atoms with Crippen LogP contribution < -0.4 is 4.74 Å². The minimum Gasteiger partial charge on any atom is -0.496 e. The van der Waals surface area contributed by atoms with Crippen molar-refractivity contribution >= 4 is 11.6 Å². The van der Waals surface area contributed by atoms with Crippen LogP contribution in [0.4, 0.5) is 0 Å². The molecule has 0 aliphatic carbocycles. The molecule has 0 radical (unpaired) electrons. The Morgan fingerprint density at radius 3 is 3.00 bits per heavy atom. The van der Waals surface area contributed by atoms with Gasteiger partial charge in [-0.05, 0) is 12.8 Å². The summed E-state index contributed by atoms with van der Waals surface area (Å²) in [4.78, 5) is 3.94. The van der Waals surface area contributed by atoms with E-state index in [0.29, 0.717) is 11.6 Å². The highest BCUT2D eigenvalue weighted by molar-refractivity contribution is 6.29. The van der Waals surface area contributed by atoms with E-state index in [-0.39, 0.29) is 6.61 Å². The van der Waals surface area contributed by atoms with Gasteiger partial charge >= 0.3 is 0 Å². The molecule has 0 aromatic carbocycles. The number of aromatic nitrogens is 1. The second-order valence-electron chi connectivity index (χ2n) is 2.65. The van der Waals surface area contributed by atoms with E-state index in [1.165, 1.54) is 0 Å². The first kappa shape index (κ1) is 10.3. The van der Waals surface area contributed by atoms with Crippen molar-refractivity contribution in [2.24, 2.45) is 0 Å². The number of aliphatic hydroxyl groups excluding tert-OH is 1. The topological polar surface area (TPSA) is 42.4 Å². The Morgan fingerprint density at radius 1 is 1.62 bits per heavy atom. The van der Waals surface area contributed by atoms with Crippen molar-refractivity contribution in [2.45, 2.75) is 12.8 Å². The molecular formula is C9H12ClNO2. The molecule has 1 aromatic rings. The minimum atomic E-state index is 0.172. The zero-order valence-electron chi connectivity index (χ0n) is 7.46. The summed E-state index contributed by atoms with van der Waals surface area (Å²) in [6.07, 6.45) is 3.14. The zero-order chi connectivity index (χ0) is 9.68. The second kappa shape index (κ2) is 5.04. The molecule has 0 saturated carbocycles. The van der Waals surface area contributed by atoms with Crippen LogP contribution in [0.5, 0.6) is 5.75 Å². The van der Waals surface area contributed by atoms with Crippen molar-refractivity contribution in [2.75, 3.05) is 13.7 Å². The van der Waals surface area contributed by atoms with Gasteiger partial charge in [0.15, 0.2) is 0 Å². The van der Waals surface area contributed by atoms with Crippen molar-refractivity contribution in [3.05, 3.63) is 23.0 Å². The van der Waals surface area contributed by atoms with E-state index in [0.717, 1.165) is 17.7 Å². The zero-order valence-corrected chi connectivity index (χ0v) is 8.21. The molecule has 0 atom stereocenters. The van der Waals surface area contributed by atoms with Gasteiger partial charge in [0.05, 0.1) is 7.11 Å². The Bertz CT molecular complexity index is 278. The van der Waals surface area contributed by atoms with Crippen LogP contribution in [0.2, 0.25) is 5.15 Å². The van der Waals surface area contributed by atoms with Crippen LogP contribution in [0, 0.1) is 0 Å². The molecule has 1 N–H and O–H groups in total. The molecule has 0 spiro atoms. The summed E-state index contributed by atoms with van der Waals surface area (Å²) in [5.74, 6) is 0.730. The van der Waals surface area contributed by atoms with Crippen LogP contribution in [0.25, 0.3) is 0 Å². The number of halogens is 1. The smallest absolute Gasteiger partial charge is 0.132 e. The molecule has 1 aromatic heterocycles. The molecule has 0 saturated heterocycles. The Morgan fingerprint density at radius 2 is 2.38 bits per heavy atom. The van der Waals surface area contributed by atoms with E-state index in [1.807, 2.05) is 0 Å². The lowest BCUT2D eigenvalue weighted by Gasteiger charge is -2.06. The highest BCUT2D eigenvalue weighted by atomic mass is 35.5. The first-order valence-electron chi connectivity index (χ1n) is 4.07. The van der Waals surface area contributed by atoms with Gasteiger partial charge in [-0.3, -0.25) is 0 Å². The Balaban J connectivity index is 2.79. The average molecular weight is 202 g/mol. The number of methoxy groups -OCH3 is 1. The lowest BCUT2D eigenvalue weighted by atomic mass is 10.1. The molecule has 0 bridgehead atoms. The molecule has 0 fully saturated rings. The summed E-state index contributed by atoms with van der Waals surface area (Å²) >= 11 is 5.69. The minimum absolute atomic E-state index is 0.172. The van der Waals surface area contributed by atoms with Crippen molar-refractivity contribution < 1.29 is 9.84 Å². The maximum atomic E-state index is 8.66. The number of ether oxygens (including phenoxy) is 1. The highest BCUT2D eigenvalue weighted by Gasteiger charge is 2.03. The van der Waals surface area contributed by atoms with E-state index >= 15 is 0 Å². The number of aliphatic hydroxyl groups is 1. The average Bonchev–Trinajstić information content (AvgIpc) is 2.16. The summed E-state index contributed by atoms with van der Waals surface area (Å²) in [5.41, 5.74) is 0.973. The number of aryl methyl sites for hydroxylation is 1. The second-order valence-corrected chi connectivity index (χ2v) is 3.03. The Labute approximate surface area is 82.3 Å². The third kappa shape index (κ3) is 2.86. The Kier molecular flexibility index (Phi) is 3.99. The van der Waals surface area contributed by atoms with Crippen LogP contribution in [-0.2, 0) is 6.42 Å². The predicted octanol–water partition coefficient (Wildman–Crippen LogP) is 1.67. The van der Waals surface area contributed by atoms with E-state index in [9.17, 15) is 0 Å². The fourth-order valence-corrected chi connectivity index (χ4v) is 1.24. The fourth-order valence-electron chi connectivity index (χ4n) is 1.09. The lowest BCUT2D eigenvalue weighted by molar-refractivity contribution is 0.287. The molecule has 1 heterocycles. The number of nitrogens with zero attached hydrogens (tertiary/aromatic N) is 1. The molecule has 0 amide bonds. The molecule has 0 unspecified atom stereocenters. The van der Waals surface area contributed by atoms with Crippen LogP contribution in [0.1, 0.15) is 12.0 Å². The van der Waals surface area contributed by atoms with Crippen molar-refractivity contribution in [3.8, 4) is 5.75 Å². The van der Waals surface area contributed by atoms with Gasteiger partial charge in [0.2, 0.25) is 0 Å². The quantitative estimate of drug-likeness (QED) is 0.754. The SMILES string of the molecule is COc1cc(Cl)ncc1CCCO. The largest absolute Gasteiger partial charge is 0.496 e. The lowest BCUT2D eigenvalue weighted by Crippen LogP contribution is -1.95. The maximum absolute atomic E-state index is 8.66.